The van der Waals surface area contributed by atoms with E-state index in [1.54, 1.807) is 0 Å². The van der Waals surface area contributed by atoms with Gasteiger partial charge < -0.3 is 15.5 Å². The number of nitrogen functional groups attached to an aromatic ring is 1. The molecule has 3 aliphatic heterocycles. The minimum Gasteiger partial charge on any atom is -0.382 e. The summed E-state index contributed by atoms with van der Waals surface area (Å²) in [7, 11) is 2.16. The van der Waals surface area contributed by atoms with Crippen LogP contribution in [0.25, 0.3) is 11.1 Å². The van der Waals surface area contributed by atoms with Gasteiger partial charge in [0.2, 0.25) is 0 Å². The first kappa shape index (κ1) is 15.2. The lowest BCUT2D eigenvalue weighted by atomic mass is 9.96. The highest BCUT2D eigenvalue weighted by atomic mass is 16.2. The van der Waals surface area contributed by atoms with E-state index < -0.39 is 0 Å². The van der Waals surface area contributed by atoms with Crippen LogP contribution in [-0.2, 0) is 0 Å². The number of fused-ring (bicyclic) bond motifs is 4. The van der Waals surface area contributed by atoms with Crippen LogP contribution in [0, 0.1) is 5.92 Å². The van der Waals surface area contributed by atoms with Gasteiger partial charge in [-0.15, -0.1) is 0 Å². The van der Waals surface area contributed by atoms with Gasteiger partial charge in [0, 0.05) is 25.7 Å². The van der Waals surface area contributed by atoms with Gasteiger partial charge in [-0.2, -0.15) is 5.10 Å². The number of nitrogens with one attached hydrogen (secondary N) is 1. The molecule has 126 valence electrons. The molecule has 3 fully saturated rings. The highest BCUT2D eigenvalue weighted by Crippen LogP contribution is 2.31. The Morgan fingerprint density at radius 1 is 1.21 bits per heavy atom. The smallest absolute Gasteiger partial charge is 0.272 e. The van der Waals surface area contributed by atoms with Crippen LogP contribution in [0.2, 0.25) is 0 Å². The lowest BCUT2D eigenvalue weighted by molar-refractivity contribution is 0.0737. The van der Waals surface area contributed by atoms with Gasteiger partial charge in [0.05, 0.1) is 5.56 Å². The Hall–Kier alpha value is -2.34. The van der Waals surface area contributed by atoms with Crippen LogP contribution in [0.4, 0.5) is 5.82 Å². The van der Waals surface area contributed by atoms with Crippen molar-refractivity contribution in [3.63, 3.8) is 0 Å². The predicted octanol–water partition coefficient (Wildman–Crippen LogP) is 1.83. The second-order valence-corrected chi connectivity index (χ2v) is 6.97. The Morgan fingerprint density at radius 3 is 2.75 bits per heavy atom. The van der Waals surface area contributed by atoms with E-state index >= 15 is 0 Å². The molecule has 2 atom stereocenters. The normalized spacial score (nSPS) is 24.1. The fourth-order valence-corrected chi connectivity index (χ4v) is 4.05. The van der Waals surface area contributed by atoms with E-state index in [4.69, 9.17) is 5.73 Å². The van der Waals surface area contributed by atoms with Gasteiger partial charge in [-0.25, -0.2) is 0 Å². The number of hydrogen-bond donors (Lipinski definition) is 2. The molecule has 3 saturated heterocycles. The number of rotatable bonds is 2. The second kappa shape index (κ2) is 5.94. The van der Waals surface area contributed by atoms with Crippen molar-refractivity contribution in [3.8, 4) is 11.1 Å². The van der Waals surface area contributed by atoms with Crippen LogP contribution < -0.4 is 5.73 Å². The molecule has 1 aromatic heterocycles. The third-order valence-electron chi connectivity index (χ3n) is 5.35. The van der Waals surface area contributed by atoms with Crippen molar-refractivity contribution < 1.29 is 4.79 Å². The third kappa shape index (κ3) is 2.57. The van der Waals surface area contributed by atoms with Gasteiger partial charge in [0.25, 0.3) is 5.91 Å². The summed E-state index contributed by atoms with van der Waals surface area (Å²) in [4.78, 5) is 17.5. The number of carbonyl (C=O) groups excluding carboxylic acids is 1. The van der Waals surface area contributed by atoms with Crippen LogP contribution in [0.5, 0.6) is 0 Å². The maximum Gasteiger partial charge on any atom is 0.272 e. The highest BCUT2D eigenvalue weighted by Gasteiger charge is 2.36. The average molecular weight is 325 g/mol. The first-order valence-corrected chi connectivity index (χ1v) is 8.52. The molecule has 0 radical (unpaired) electrons. The van der Waals surface area contributed by atoms with Crippen molar-refractivity contribution in [3.05, 3.63) is 36.0 Å². The Morgan fingerprint density at radius 2 is 2.00 bits per heavy atom. The number of aromatic amines is 1. The summed E-state index contributed by atoms with van der Waals surface area (Å²) in [5, 5.41) is 6.97. The van der Waals surface area contributed by atoms with Gasteiger partial charge in [-0.3, -0.25) is 9.89 Å². The van der Waals surface area contributed by atoms with Gasteiger partial charge in [0.1, 0.15) is 5.69 Å². The molecule has 0 spiro atoms. The zero-order chi connectivity index (χ0) is 16.7. The molecular formula is C18H23N5O. The molecule has 2 bridgehead atoms. The SMILES string of the molecule is CN1C[C@@H]2CC[C@H]1CN(C(=O)c1[nH]nc(N)c1-c1ccccc1)C2. The summed E-state index contributed by atoms with van der Waals surface area (Å²) < 4.78 is 0. The van der Waals surface area contributed by atoms with Crippen LogP contribution in [0.3, 0.4) is 0 Å². The maximum absolute atomic E-state index is 13.2. The van der Waals surface area contributed by atoms with Gasteiger partial charge in [0.15, 0.2) is 5.82 Å². The molecular weight excluding hydrogens is 302 g/mol. The molecule has 24 heavy (non-hydrogen) atoms. The van der Waals surface area contributed by atoms with Gasteiger partial charge in [-0.05, 0) is 31.4 Å². The average Bonchev–Trinajstić information content (AvgIpc) is 2.77. The molecule has 6 heteroatoms. The molecule has 1 aromatic carbocycles. The number of nitrogens with zero attached hydrogens (tertiary/aromatic N) is 3. The van der Waals surface area contributed by atoms with Crippen molar-refractivity contribution in [1.29, 1.82) is 0 Å². The monoisotopic (exact) mass is 325 g/mol. The fourth-order valence-electron chi connectivity index (χ4n) is 4.05. The van der Waals surface area contributed by atoms with Gasteiger partial charge >= 0.3 is 0 Å². The van der Waals surface area contributed by atoms with Crippen LogP contribution in [0.15, 0.2) is 30.3 Å². The molecule has 4 heterocycles. The first-order valence-electron chi connectivity index (χ1n) is 8.52. The van der Waals surface area contributed by atoms with Crippen molar-refractivity contribution in [2.45, 2.75) is 18.9 Å². The molecule has 3 N–H and O–H groups in total. The summed E-state index contributed by atoms with van der Waals surface area (Å²) >= 11 is 0. The van der Waals surface area contributed by atoms with E-state index in [9.17, 15) is 4.79 Å². The Balaban J connectivity index is 1.66. The quantitative estimate of drug-likeness (QED) is 0.883. The number of hydrogen-bond acceptors (Lipinski definition) is 4. The second-order valence-electron chi connectivity index (χ2n) is 6.97. The van der Waals surface area contributed by atoms with Crippen molar-refractivity contribution in [1.82, 2.24) is 20.0 Å². The minimum atomic E-state index is 0.00486. The molecule has 0 unspecified atom stereocenters. The largest absolute Gasteiger partial charge is 0.382 e. The lowest BCUT2D eigenvalue weighted by Gasteiger charge is -2.32. The summed E-state index contributed by atoms with van der Waals surface area (Å²) in [6.45, 7) is 2.66. The third-order valence-corrected chi connectivity index (χ3v) is 5.35. The summed E-state index contributed by atoms with van der Waals surface area (Å²) in [6, 6.07) is 10.2. The topological polar surface area (TPSA) is 78.2 Å². The number of carbonyl (C=O) groups is 1. The highest BCUT2D eigenvalue weighted by molar-refractivity contribution is 6.01. The van der Waals surface area contributed by atoms with Crippen LogP contribution >= 0.6 is 0 Å². The molecule has 0 saturated carbocycles. The number of nitrogens with two attached hydrogens (primary N) is 1. The molecule has 5 rings (SSSR count). The van der Waals surface area contributed by atoms with E-state index in [1.807, 2.05) is 35.2 Å². The van der Waals surface area contributed by atoms with E-state index in [1.165, 1.54) is 12.8 Å². The number of anilines is 1. The predicted molar refractivity (Wildman–Crippen MR) is 93.5 cm³/mol. The summed E-state index contributed by atoms with van der Waals surface area (Å²) in [5.41, 5.74) is 8.17. The van der Waals surface area contributed by atoms with Crippen LogP contribution in [0.1, 0.15) is 23.3 Å². The van der Waals surface area contributed by atoms with Crippen molar-refractivity contribution >= 4 is 11.7 Å². The summed E-state index contributed by atoms with van der Waals surface area (Å²) in [5.74, 6) is 0.933. The number of amides is 1. The number of aromatic nitrogens is 2. The minimum absolute atomic E-state index is 0.00486. The summed E-state index contributed by atoms with van der Waals surface area (Å²) in [6.07, 6.45) is 2.37. The van der Waals surface area contributed by atoms with E-state index in [0.717, 1.165) is 25.2 Å². The number of piperidine rings is 1. The van der Waals surface area contributed by atoms with E-state index in [0.29, 0.717) is 29.0 Å². The molecule has 3 aliphatic rings. The number of benzene rings is 1. The van der Waals surface area contributed by atoms with Gasteiger partial charge in [-0.1, -0.05) is 30.3 Å². The van der Waals surface area contributed by atoms with Crippen molar-refractivity contribution in [2.75, 3.05) is 32.4 Å². The van der Waals surface area contributed by atoms with Crippen molar-refractivity contribution in [2.24, 2.45) is 5.92 Å². The number of H-pyrrole nitrogens is 1. The zero-order valence-electron chi connectivity index (χ0n) is 13.9. The zero-order valence-corrected chi connectivity index (χ0v) is 13.9. The molecule has 0 aliphatic carbocycles. The number of likely N-dealkylation sites (N-methyl/N-ethyl adjacent to an activating group) is 1. The van der Waals surface area contributed by atoms with E-state index in [2.05, 4.69) is 22.1 Å². The molecule has 2 aromatic rings. The Labute approximate surface area is 141 Å². The molecule has 6 nitrogen and oxygen atoms in total. The Bertz CT molecular complexity index is 741. The lowest BCUT2D eigenvalue weighted by Crippen LogP contribution is -2.42. The maximum atomic E-state index is 13.2. The standard InChI is InChI=1S/C18H23N5O/c1-22-9-12-7-8-14(22)11-23(10-12)18(24)16-15(17(19)21-20-16)13-5-3-2-4-6-13/h2-6,12,14H,7-11H2,1H3,(H3,19,20,21)/t12-,14-/m0/s1. The molecule has 1 amide bonds. The Kier molecular flexibility index (Phi) is 3.76. The first-order chi connectivity index (χ1) is 11.6. The fraction of sp³-hybridized carbons (Fsp3) is 0.444. The van der Waals surface area contributed by atoms with Crippen LogP contribution in [-0.4, -0.2) is 58.6 Å². The van der Waals surface area contributed by atoms with E-state index in [-0.39, 0.29) is 5.91 Å².